The van der Waals surface area contributed by atoms with Crippen molar-refractivity contribution < 1.29 is 19.1 Å². The number of ether oxygens (including phenoxy) is 2. The van der Waals surface area contributed by atoms with Gasteiger partial charge in [0.2, 0.25) is 0 Å². The van der Waals surface area contributed by atoms with E-state index in [1.165, 1.54) is 24.2 Å². The lowest BCUT2D eigenvalue weighted by Crippen LogP contribution is -2.53. The molecule has 1 N–H and O–H groups in total. The molecule has 0 saturated carbocycles. The van der Waals surface area contributed by atoms with Crippen LogP contribution in [0.25, 0.3) is 6.08 Å². The van der Waals surface area contributed by atoms with E-state index < -0.39 is 11.8 Å². The summed E-state index contributed by atoms with van der Waals surface area (Å²) in [5.41, 5.74) is 0.573. The normalized spacial score (nSPS) is 16.1. The first-order chi connectivity index (χ1) is 12.3. The maximum atomic E-state index is 12.6. The molecule has 26 heavy (non-hydrogen) atoms. The largest absolute Gasteiger partial charge is 0.493 e. The molecule has 0 bridgehead atoms. The molecule has 1 aliphatic heterocycles. The first kappa shape index (κ1) is 20.1. The highest BCUT2D eigenvalue weighted by Crippen LogP contribution is 2.35. The molecule has 2 amide bonds. The highest BCUT2D eigenvalue weighted by molar-refractivity contribution is 9.10. The Balaban J connectivity index is 2.47. The fourth-order valence-electron chi connectivity index (χ4n) is 2.31. The molecule has 138 valence electrons. The lowest BCUT2D eigenvalue weighted by Gasteiger charge is -2.27. The van der Waals surface area contributed by atoms with Crippen LogP contribution in [0.2, 0.25) is 0 Å². The topological polar surface area (TPSA) is 67.9 Å². The summed E-state index contributed by atoms with van der Waals surface area (Å²) in [7, 11) is 1.52. The van der Waals surface area contributed by atoms with E-state index >= 15 is 0 Å². The summed E-state index contributed by atoms with van der Waals surface area (Å²) in [6.45, 7) is 7.62. The van der Waals surface area contributed by atoms with Gasteiger partial charge in [-0.1, -0.05) is 22.0 Å². The SMILES string of the molecule is C=CCN1C(=O)/C(=C/c2cc(OC)c(OC(C)C)cc2Br)C(=O)NC1=S. The Morgan fingerprint density at radius 1 is 1.35 bits per heavy atom. The van der Waals surface area contributed by atoms with Crippen molar-refractivity contribution in [1.82, 2.24) is 10.2 Å². The molecule has 0 unspecified atom stereocenters. The van der Waals surface area contributed by atoms with E-state index in [4.69, 9.17) is 21.7 Å². The van der Waals surface area contributed by atoms with E-state index in [1.54, 1.807) is 12.1 Å². The van der Waals surface area contributed by atoms with Crippen LogP contribution in [0.5, 0.6) is 11.5 Å². The molecule has 1 aliphatic rings. The Morgan fingerprint density at radius 2 is 2.04 bits per heavy atom. The zero-order valence-electron chi connectivity index (χ0n) is 14.7. The fourth-order valence-corrected chi connectivity index (χ4v) is 3.00. The zero-order chi connectivity index (χ0) is 19.4. The van der Waals surface area contributed by atoms with Crippen LogP contribution in [0.4, 0.5) is 0 Å². The molecule has 0 atom stereocenters. The van der Waals surface area contributed by atoms with Crippen LogP contribution < -0.4 is 14.8 Å². The molecular formula is C18H19BrN2O4S. The Hall–Kier alpha value is -2.19. The van der Waals surface area contributed by atoms with Crippen LogP contribution >= 0.6 is 28.1 Å². The van der Waals surface area contributed by atoms with Crippen molar-refractivity contribution in [3.05, 3.63) is 40.4 Å². The van der Waals surface area contributed by atoms with Crippen molar-refractivity contribution in [2.24, 2.45) is 0 Å². The third-order valence-electron chi connectivity index (χ3n) is 3.44. The van der Waals surface area contributed by atoms with Crippen molar-refractivity contribution in [2.45, 2.75) is 20.0 Å². The molecule has 6 nitrogen and oxygen atoms in total. The van der Waals surface area contributed by atoms with Gasteiger partial charge in [0.15, 0.2) is 16.6 Å². The molecule has 0 radical (unpaired) electrons. The summed E-state index contributed by atoms with van der Waals surface area (Å²) in [6, 6.07) is 3.43. The Labute approximate surface area is 166 Å². The van der Waals surface area contributed by atoms with Crippen LogP contribution in [-0.4, -0.2) is 41.6 Å². The average molecular weight is 439 g/mol. The minimum absolute atomic E-state index is 0.0271. The van der Waals surface area contributed by atoms with Crippen LogP contribution in [-0.2, 0) is 9.59 Å². The molecule has 1 fully saturated rings. The Bertz CT molecular complexity index is 805. The number of halogens is 1. The molecular weight excluding hydrogens is 420 g/mol. The van der Waals surface area contributed by atoms with E-state index in [9.17, 15) is 9.59 Å². The molecule has 1 aromatic carbocycles. The van der Waals surface area contributed by atoms with Crippen LogP contribution in [0, 0.1) is 0 Å². The third kappa shape index (κ3) is 4.31. The van der Waals surface area contributed by atoms with Gasteiger partial charge in [-0.25, -0.2) is 0 Å². The van der Waals surface area contributed by atoms with Gasteiger partial charge >= 0.3 is 0 Å². The summed E-state index contributed by atoms with van der Waals surface area (Å²) >= 11 is 8.49. The summed E-state index contributed by atoms with van der Waals surface area (Å²) < 4.78 is 11.7. The van der Waals surface area contributed by atoms with E-state index in [-0.39, 0.29) is 23.3 Å². The van der Waals surface area contributed by atoms with Gasteiger partial charge in [0.1, 0.15) is 5.57 Å². The lowest BCUT2D eigenvalue weighted by atomic mass is 10.1. The summed E-state index contributed by atoms with van der Waals surface area (Å²) in [6.07, 6.45) is 3.00. The van der Waals surface area contributed by atoms with Gasteiger partial charge in [-0.2, -0.15) is 0 Å². The van der Waals surface area contributed by atoms with E-state index in [1.807, 2.05) is 13.8 Å². The molecule has 2 rings (SSSR count). The molecule has 1 heterocycles. The van der Waals surface area contributed by atoms with Gasteiger partial charge in [-0.05, 0) is 49.8 Å². The number of methoxy groups -OCH3 is 1. The summed E-state index contributed by atoms with van der Waals surface area (Å²) in [4.78, 5) is 26.1. The molecule has 8 heteroatoms. The quantitative estimate of drug-likeness (QED) is 0.320. The zero-order valence-corrected chi connectivity index (χ0v) is 17.1. The Morgan fingerprint density at radius 3 is 2.62 bits per heavy atom. The van der Waals surface area contributed by atoms with Crippen molar-refractivity contribution in [3.63, 3.8) is 0 Å². The second kappa shape index (κ2) is 8.46. The highest BCUT2D eigenvalue weighted by atomic mass is 79.9. The van der Waals surface area contributed by atoms with E-state index in [0.717, 1.165) is 0 Å². The number of thiocarbonyl (C=S) groups is 1. The highest BCUT2D eigenvalue weighted by Gasteiger charge is 2.32. The van der Waals surface area contributed by atoms with E-state index in [0.29, 0.717) is 21.5 Å². The predicted molar refractivity (Wildman–Crippen MR) is 107 cm³/mol. The van der Waals surface area contributed by atoms with Crippen molar-refractivity contribution in [1.29, 1.82) is 0 Å². The first-order valence-corrected chi connectivity index (χ1v) is 9.02. The van der Waals surface area contributed by atoms with Gasteiger partial charge in [0.25, 0.3) is 11.8 Å². The van der Waals surface area contributed by atoms with Crippen molar-refractivity contribution >= 4 is 51.2 Å². The minimum Gasteiger partial charge on any atom is -0.493 e. The monoisotopic (exact) mass is 438 g/mol. The van der Waals surface area contributed by atoms with Crippen LogP contribution in [0.3, 0.4) is 0 Å². The van der Waals surface area contributed by atoms with Gasteiger partial charge in [0, 0.05) is 11.0 Å². The van der Waals surface area contributed by atoms with Crippen molar-refractivity contribution in [3.8, 4) is 11.5 Å². The molecule has 1 saturated heterocycles. The number of hydrogen-bond acceptors (Lipinski definition) is 5. The predicted octanol–water partition coefficient (Wildman–Crippen LogP) is 3.06. The molecule has 0 aromatic heterocycles. The number of benzene rings is 1. The number of amides is 2. The van der Waals surface area contributed by atoms with Crippen LogP contribution in [0.1, 0.15) is 19.4 Å². The maximum Gasteiger partial charge on any atom is 0.265 e. The number of nitrogens with one attached hydrogen (secondary N) is 1. The average Bonchev–Trinajstić information content (AvgIpc) is 2.56. The minimum atomic E-state index is -0.548. The standard InChI is InChI=1S/C18H19BrN2O4S/c1-5-6-21-17(23)12(16(22)20-18(21)26)7-11-8-14(24-4)15(9-13(11)19)25-10(2)3/h5,7-10H,1,6H2,2-4H3,(H,20,22,26)/b12-7+. The number of carbonyl (C=O) groups excluding carboxylic acids is 2. The van der Waals surface area contributed by atoms with Gasteiger partial charge in [0.05, 0.1) is 13.2 Å². The number of hydrogen-bond donors (Lipinski definition) is 1. The first-order valence-electron chi connectivity index (χ1n) is 7.82. The fraction of sp³-hybridized carbons (Fsp3) is 0.278. The van der Waals surface area contributed by atoms with Gasteiger partial charge < -0.3 is 9.47 Å². The number of carbonyl (C=O) groups is 2. The third-order valence-corrected chi connectivity index (χ3v) is 4.45. The molecule has 1 aromatic rings. The summed E-state index contributed by atoms with van der Waals surface area (Å²) in [5.74, 6) is 0.0296. The Kier molecular flexibility index (Phi) is 6.55. The smallest absolute Gasteiger partial charge is 0.265 e. The second-order valence-electron chi connectivity index (χ2n) is 5.71. The number of nitrogens with zero attached hydrogens (tertiary/aromatic N) is 1. The van der Waals surface area contributed by atoms with E-state index in [2.05, 4.69) is 27.8 Å². The second-order valence-corrected chi connectivity index (χ2v) is 6.95. The van der Waals surface area contributed by atoms with Gasteiger partial charge in [-0.3, -0.25) is 19.8 Å². The van der Waals surface area contributed by atoms with Crippen molar-refractivity contribution in [2.75, 3.05) is 13.7 Å². The van der Waals surface area contributed by atoms with Gasteiger partial charge in [-0.15, -0.1) is 6.58 Å². The lowest BCUT2D eigenvalue weighted by molar-refractivity contribution is -0.128. The molecule has 0 aliphatic carbocycles. The number of rotatable bonds is 6. The van der Waals surface area contributed by atoms with Crippen LogP contribution in [0.15, 0.2) is 34.8 Å². The summed E-state index contributed by atoms with van der Waals surface area (Å²) in [5, 5.41) is 2.58. The maximum absolute atomic E-state index is 12.6. The molecule has 0 spiro atoms.